The third-order valence-electron chi connectivity index (χ3n) is 4.49. The van der Waals surface area contributed by atoms with E-state index in [1.807, 2.05) is 54.6 Å². The number of aromatic nitrogens is 2. The second-order valence-corrected chi connectivity index (χ2v) is 6.31. The van der Waals surface area contributed by atoms with Gasteiger partial charge >= 0.3 is 5.97 Å². The number of esters is 1. The summed E-state index contributed by atoms with van der Waals surface area (Å²) in [5, 5.41) is 2.67. The SMILES string of the molecule is O=C(OCCCn1cnc2ccccc2c1=O)c1ccc2ccccc2c1. The molecule has 0 aliphatic carbocycles. The number of hydrogen-bond donors (Lipinski definition) is 0. The van der Waals surface area contributed by atoms with Crippen molar-refractivity contribution in [2.45, 2.75) is 13.0 Å². The molecule has 3 aromatic carbocycles. The molecule has 0 radical (unpaired) electrons. The Hall–Kier alpha value is -3.47. The van der Waals surface area contributed by atoms with Crippen molar-refractivity contribution in [1.29, 1.82) is 0 Å². The van der Waals surface area contributed by atoms with Crippen LogP contribution in [0.2, 0.25) is 0 Å². The van der Waals surface area contributed by atoms with E-state index in [0.717, 1.165) is 10.8 Å². The van der Waals surface area contributed by atoms with Gasteiger partial charge in [0, 0.05) is 6.54 Å². The van der Waals surface area contributed by atoms with E-state index >= 15 is 0 Å². The molecule has 0 aliphatic rings. The molecule has 0 bridgehead atoms. The Bertz CT molecular complexity index is 1180. The summed E-state index contributed by atoms with van der Waals surface area (Å²) in [6.07, 6.45) is 2.08. The average molecular weight is 358 g/mol. The molecular weight excluding hydrogens is 340 g/mol. The van der Waals surface area contributed by atoms with Crippen LogP contribution in [0.1, 0.15) is 16.8 Å². The molecule has 0 amide bonds. The third kappa shape index (κ3) is 3.58. The van der Waals surface area contributed by atoms with Crippen LogP contribution >= 0.6 is 0 Å². The van der Waals surface area contributed by atoms with Crippen molar-refractivity contribution >= 4 is 27.6 Å². The Morgan fingerprint density at radius 2 is 1.74 bits per heavy atom. The fraction of sp³-hybridized carbons (Fsp3) is 0.136. The topological polar surface area (TPSA) is 61.2 Å². The Kier molecular flexibility index (Phi) is 4.66. The molecule has 0 N–H and O–H groups in total. The maximum Gasteiger partial charge on any atom is 0.338 e. The fourth-order valence-electron chi connectivity index (χ4n) is 3.06. The van der Waals surface area contributed by atoms with Crippen molar-refractivity contribution in [1.82, 2.24) is 9.55 Å². The molecule has 0 spiro atoms. The van der Waals surface area contributed by atoms with Gasteiger partial charge in [0.25, 0.3) is 5.56 Å². The van der Waals surface area contributed by atoms with Crippen LogP contribution < -0.4 is 5.56 Å². The maximum atomic E-state index is 12.4. The molecule has 4 rings (SSSR count). The van der Waals surface area contributed by atoms with Gasteiger partial charge in [-0.25, -0.2) is 9.78 Å². The number of hydrogen-bond acceptors (Lipinski definition) is 4. The van der Waals surface area contributed by atoms with E-state index in [2.05, 4.69) is 4.98 Å². The van der Waals surface area contributed by atoms with Crippen molar-refractivity contribution in [2.75, 3.05) is 6.61 Å². The van der Waals surface area contributed by atoms with Gasteiger partial charge in [0.1, 0.15) is 0 Å². The van der Waals surface area contributed by atoms with E-state index in [-0.39, 0.29) is 18.1 Å². The highest BCUT2D eigenvalue weighted by Gasteiger charge is 2.08. The van der Waals surface area contributed by atoms with Crippen molar-refractivity contribution in [3.8, 4) is 0 Å². The number of aryl methyl sites for hydroxylation is 1. The molecule has 1 aromatic heterocycles. The first-order valence-electron chi connectivity index (χ1n) is 8.82. The van der Waals surface area contributed by atoms with Crippen LogP contribution in [0.4, 0.5) is 0 Å². The van der Waals surface area contributed by atoms with Gasteiger partial charge in [-0.05, 0) is 41.5 Å². The number of ether oxygens (including phenoxy) is 1. The summed E-state index contributed by atoms with van der Waals surface area (Å²) in [6.45, 7) is 0.687. The first-order valence-corrected chi connectivity index (χ1v) is 8.82. The summed E-state index contributed by atoms with van der Waals surface area (Å²) in [4.78, 5) is 28.9. The Morgan fingerprint density at radius 3 is 2.63 bits per heavy atom. The lowest BCUT2D eigenvalue weighted by Crippen LogP contribution is -2.21. The predicted molar refractivity (Wildman–Crippen MR) is 105 cm³/mol. The van der Waals surface area contributed by atoms with Gasteiger partial charge in [0.05, 0.1) is 29.4 Å². The minimum absolute atomic E-state index is 0.0820. The van der Waals surface area contributed by atoms with Crippen molar-refractivity contribution in [2.24, 2.45) is 0 Å². The summed E-state index contributed by atoms with van der Waals surface area (Å²) in [5.41, 5.74) is 1.13. The van der Waals surface area contributed by atoms with E-state index in [0.29, 0.717) is 29.4 Å². The summed E-state index contributed by atoms with van der Waals surface area (Å²) in [7, 11) is 0. The van der Waals surface area contributed by atoms with E-state index < -0.39 is 0 Å². The van der Waals surface area contributed by atoms with Crippen LogP contribution in [0.3, 0.4) is 0 Å². The van der Waals surface area contributed by atoms with Crippen LogP contribution in [-0.4, -0.2) is 22.1 Å². The third-order valence-corrected chi connectivity index (χ3v) is 4.49. The summed E-state index contributed by atoms with van der Waals surface area (Å²) in [5.74, 6) is -0.357. The zero-order valence-corrected chi connectivity index (χ0v) is 14.7. The van der Waals surface area contributed by atoms with Crippen LogP contribution in [0.15, 0.2) is 77.9 Å². The lowest BCUT2D eigenvalue weighted by Gasteiger charge is -2.08. The van der Waals surface area contributed by atoms with Crippen LogP contribution in [0, 0.1) is 0 Å². The van der Waals surface area contributed by atoms with Crippen LogP contribution in [0.5, 0.6) is 0 Å². The van der Waals surface area contributed by atoms with E-state index in [9.17, 15) is 9.59 Å². The van der Waals surface area contributed by atoms with Crippen molar-refractivity contribution < 1.29 is 9.53 Å². The monoisotopic (exact) mass is 358 g/mol. The van der Waals surface area contributed by atoms with Crippen LogP contribution in [-0.2, 0) is 11.3 Å². The van der Waals surface area contributed by atoms with Gasteiger partial charge < -0.3 is 4.74 Å². The molecule has 0 saturated carbocycles. The number of carbonyl (C=O) groups is 1. The molecule has 4 aromatic rings. The van der Waals surface area contributed by atoms with Crippen molar-refractivity contribution in [3.05, 3.63) is 89.0 Å². The van der Waals surface area contributed by atoms with E-state index in [1.54, 1.807) is 16.7 Å². The summed E-state index contributed by atoms with van der Waals surface area (Å²) in [6, 6.07) is 20.6. The van der Waals surface area contributed by atoms with Gasteiger partial charge in [-0.2, -0.15) is 0 Å². The highest BCUT2D eigenvalue weighted by atomic mass is 16.5. The molecule has 5 heteroatoms. The van der Waals surface area contributed by atoms with Crippen LogP contribution in [0.25, 0.3) is 21.7 Å². The summed E-state index contributed by atoms with van der Waals surface area (Å²) < 4.78 is 6.90. The van der Waals surface area contributed by atoms with Gasteiger partial charge in [-0.1, -0.05) is 42.5 Å². The zero-order valence-electron chi connectivity index (χ0n) is 14.7. The molecule has 0 unspecified atom stereocenters. The summed E-state index contributed by atoms with van der Waals surface area (Å²) >= 11 is 0. The number of rotatable bonds is 5. The fourth-order valence-corrected chi connectivity index (χ4v) is 3.06. The molecule has 27 heavy (non-hydrogen) atoms. The predicted octanol–water partition coefficient (Wildman–Crippen LogP) is 3.80. The molecule has 5 nitrogen and oxygen atoms in total. The Balaban J connectivity index is 1.37. The van der Waals surface area contributed by atoms with Gasteiger partial charge in [-0.3, -0.25) is 9.36 Å². The average Bonchev–Trinajstić information content (AvgIpc) is 2.72. The number of benzene rings is 3. The van der Waals surface area contributed by atoms with Crippen molar-refractivity contribution in [3.63, 3.8) is 0 Å². The standard InChI is InChI=1S/C22H18N2O3/c25-21-19-8-3-4-9-20(19)23-15-24(21)12-5-13-27-22(26)18-11-10-16-6-1-2-7-17(16)14-18/h1-4,6-11,14-15H,5,12-13H2. The van der Waals surface area contributed by atoms with Gasteiger partial charge in [0.15, 0.2) is 0 Å². The van der Waals surface area contributed by atoms with E-state index in [1.165, 1.54) is 6.33 Å². The molecule has 0 atom stereocenters. The smallest absolute Gasteiger partial charge is 0.338 e. The van der Waals surface area contributed by atoms with Gasteiger partial charge in [0.2, 0.25) is 0 Å². The second-order valence-electron chi connectivity index (χ2n) is 6.31. The molecule has 1 heterocycles. The first kappa shape index (κ1) is 17.0. The normalized spacial score (nSPS) is 11.0. The lowest BCUT2D eigenvalue weighted by atomic mass is 10.1. The molecule has 0 aliphatic heterocycles. The molecule has 0 fully saturated rings. The first-order chi connectivity index (χ1) is 13.2. The molecule has 134 valence electrons. The molecule has 0 saturated heterocycles. The zero-order chi connectivity index (χ0) is 18.6. The second kappa shape index (κ2) is 7.41. The van der Waals surface area contributed by atoms with Gasteiger partial charge in [-0.15, -0.1) is 0 Å². The highest BCUT2D eigenvalue weighted by Crippen LogP contribution is 2.16. The number of para-hydroxylation sites is 1. The maximum absolute atomic E-state index is 12.4. The number of carbonyl (C=O) groups excluding carboxylic acids is 1. The molecular formula is C22H18N2O3. The highest BCUT2D eigenvalue weighted by molar-refractivity contribution is 5.95. The minimum Gasteiger partial charge on any atom is -0.462 e. The number of nitrogens with zero attached hydrogens (tertiary/aromatic N) is 2. The Morgan fingerprint density at radius 1 is 0.963 bits per heavy atom. The van der Waals surface area contributed by atoms with E-state index in [4.69, 9.17) is 4.74 Å². The quantitative estimate of drug-likeness (QED) is 0.402. The minimum atomic E-state index is -0.357. The number of fused-ring (bicyclic) bond motifs is 2. The Labute approximate surface area is 155 Å². The lowest BCUT2D eigenvalue weighted by molar-refractivity contribution is 0.0496. The largest absolute Gasteiger partial charge is 0.462 e.